The van der Waals surface area contributed by atoms with Crippen molar-refractivity contribution in [1.82, 2.24) is 5.32 Å². The van der Waals surface area contributed by atoms with E-state index in [4.69, 9.17) is 4.74 Å². The van der Waals surface area contributed by atoms with Crippen molar-refractivity contribution >= 4 is 15.9 Å². The van der Waals surface area contributed by atoms with Crippen LogP contribution in [0.25, 0.3) is 0 Å². The van der Waals surface area contributed by atoms with Crippen LogP contribution in [0.3, 0.4) is 0 Å². The lowest BCUT2D eigenvalue weighted by atomic mass is 10.1. The van der Waals surface area contributed by atoms with E-state index in [1.165, 1.54) is 12.1 Å². The van der Waals surface area contributed by atoms with Gasteiger partial charge < -0.3 is 10.1 Å². The van der Waals surface area contributed by atoms with Crippen LogP contribution in [0.15, 0.2) is 16.6 Å². The maximum atomic E-state index is 13.8. The SMILES string of the molecule is CCCOCC(NC)c1c(F)ccc(Br)c1F. The van der Waals surface area contributed by atoms with Crippen molar-refractivity contribution in [2.24, 2.45) is 0 Å². The van der Waals surface area contributed by atoms with Gasteiger partial charge in [0, 0.05) is 12.2 Å². The van der Waals surface area contributed by atoms with Gasteiger partial charge in [0.1, 0.15) is 11.6 Å². The molecule has 0 aliphatic rings. The summed E-state index contributed by atoms with van der Waals surface area (Å²) in [7, 11) is 1.65. The van der Waals surface area contributed by atoms with Crippen LogP contribution in [-0.4, -0.2) is 20.3 Å². The van der Waals surface area contributed by atoms with Gasteiger partial charge in [0.2, 0.25) is 0 Å². The quantitative estimate of drug-likeness (QED) is 0.642. The van der Waals surface area contributed by atoms with Crippen molar-refractivity contribution in [2.75, 3.05) is 20.3 Å². The maximum absolute atomic E-state index is 13.8. The number of rotatable bonds is 6. The normalized spacial score (nSPS) is 12.8. The highest BCUT2D eigenvalue weighted by molar-refractivity contribution is 9.10. The van der Waals surface area contributed by atoms with Gasteiger partial charge in [-0.05, 0) is 41.5 Å². The summed E-state index contributed by atoms with van der Waals surface area (Å²) < 4.78 is 33.0. The molecular weight excluding hydrogens is 292 g/mol. The first kappa shape index (κ1) is 14.5. The Bertz CT molecular complexity index is 374. The van der Waals surface area contributed by atoms with Crippen molar-refractivity contribution in [3.05, 3.63) is 33.8 Å². The molecule has 1 unspecified atom stereocenters. The van der Waals surface area contributed by atoms with Crippen molar-refractivity contribution in [1.29, 1.82) is 0 Å². The summed E-state index contributed by atoms with van der Waals surface area (Å²) in [6, 6.07) is 2.11. The molecule has 5 heteroatoms. The van der Waals surface area contributed by atoms with E-state index in [9.17, 15) is 8.78 Å². The Hall–Kier alpha value is -0.520. The van der Waals surface area contributed by atoms with Crippen LogP contribution in [0, 0.1) is 11.6 Å². The average molecular weight is 308 g/mol. The second kappa shape index (κ2) is 7.03. The van der Waals surface area contributed by atoms with Crippen molar-refractivity contribution in [2.45, 2.75) is 19.4 Å². The lowest BCUT2D eigenvalue weighted by Crippen LogP contribution is -2.24. The van der Waals surface area contributed by atoms with Gasteiger partial charge >= 0.3 is 0 Å². The zero-order chi connectivity index (χ0) is 12.8. The fourth-order valence-electron chi connectivity index (χ4n) is 1.52. The van der Waals surface area contributed by atoms with Crippen LogP contribution in [0.4, 0.5) is 8.78 Å². The molecule has 96 valence electrons. The number of ether oxygens (including phenoxy) is 1. The molecule has 1 atom stereocenters. The molecule has 1 aromatic rings. The fraction of sp³-hybridized carbons (Fsp3) is 0.500. The summed E-state index contributed by atoms with van der Waals surface area (Å²) in [6.45, 7) is 2.80. The maximum Gasteiger partial charge on any atom is 0.145 e. The molecular formula is C12H16BrF2NO. The van der Waals surface area contributed by atoms with Crippen LogP contribution in [0.2, 0.25) is 0 Å². The number of halogens is 3. The molecule has 0 aliphatic carbocycles. The van der Waals surface area contributed by atoms with E-state index in [1.807, 2.05) is 6.92 Å². The van der Waals surface area contributed by atoms with Crippen LogP contribution in [0.5, 0.6) is 0 Å². The van der Waals surface area contributed by atoms with E-state index in [-0.39, 0.29) is 16.6 Å². The summed E-state index contributed by atoms with van der Waals surface area (Å²) in [5.74, 6) is -1.14. The lowest BCUT2D eigenvalue weighted by molar-refractivity contribution is 0.112. The van der Waals surface area contributed by atoms with E-state index < -0.39 is 17.7 Å². The standard InChI is InChI=1S/C12H16BrF2NO/c1-3-6-17-7-10(16-2)11-9(14)5-4-8(13)12(11)15/h4-5,10,16H,3,6-7H2,1-2H3. The molecule has 0 spiro atoms. The summed E-state index contributed by atoms with van der Waals surface area (Å²) in [5.41, 5.74) is 0.0120. The minimum atomic E-state index is -0.579. The first-order valence-corrected chi connectivity index (χ1v) is 6.29. The van der Waals surface area contributed by atoms with Gasteiger partial charge in [0.25, 0.3) is 0 Å². The van der Waals surface area contributed by atoms with Crippen molar-refractivity contribution in [3.8, 4) is 0 Å². The molecule has 0 amide bonds. The van der Waals surface area contributed by atoms with E-state index in [0.717, 1.165) is 6.42 Å². The zero-order valence-corrected chi connectivity index (χ0v) is 11.5. The zero-order valence-electron chi connectivity index (χ0n) is 9.90. The molecule has 0 heterocycles. The molecule has 0 bridgehead atoms. The van der Waals surface area contributed by atoms with Gasteiger partial charge in [0.15, 0.2) is 0 Å². The van der Waals surface area contributed by atoms with E-state index >= 15 is 0 Å². The van der Waals surface area contributed by atoms with Crippen LogP contribution in [-0.2, 0) is 4.74 Å². The topological polar surface area (TPSA) is 21.3 Å². The Morgan fingerprint density at radius 3 is 2.71 bits per heavy atom. The van der Waals surface area contributed by atoms with Crippen molar-refractivity contribution < 1.29 is 13.5 Å². The first-order chi connectivity index (χ1) is 8.11. The Morgan fingerprint density at radius 2 is 2.12 bits per heavy atom. The second-order valence-electron chi connectivity index (χ2n) is 3.67. The highest BCUT2D eigenvalue weighted by Crippen LogP contribution is 2.26. The van der Waals surface area contributed by atoms with E-state index in [0.29, 0.717) is 6.61 Å². The minimum Gasteiger partial charge on any atom is -0.379 e. The molecule has 0 fully saturated rings. The Labute approximate surface area is 108 Å². The molecule has 1 N–H and O–H groups in total. The van der Waals surface area contributed by atoms with Crippen LogP contribution < -0.4 is 5.32 Å². The molecule has 0 aromatic heterocycles. The predicted octanol–water partition coefficient (Wildman–Crippen LogP) is 3.41. The van der Waals surface area contributed by atoms with Gasteiger partial charge in [-0.3, -0.25) is 0 Å². The molecule has 17 heavy (non-hydrogen) atoms. The summed E-state index contributed by atoms with van der Waals surface area (Å²) in [4.78, 5) is 0. The Kier molecular flexibility index (Phi) is 6.02. The first-order valence-electron chi connectivity index (χ1n) is 5.50. The number of nitrogens with one attached hydrogen (secondary N) is 1. The number of benzene rings is 1. The minimum absolute atomic E-state index is 0.0120. The van der Waals surface area contributed by atoms with Crippen LogP contribution in [0.1, 0.15) is 24.9 Å². The molecule has 0 saturated heterocycles. The van der Waals surface area contributed by atoms with Gasteiger partial charge in [-0.1, -0.05) is 6.92 Å². The molecule has 2 nitrogen and oxygen atoms in total. The monoisotopic (exact) mass is 307 g/mol. The molecule has 0 aliphatic heterocycles. The van der Waals surface area contributed by atoms with E-state index in [1.54, 1.807) is 7.05 Å². The largest absolute Gasteiger partial charge is 0.379 e. The molecule has 1 aromatic carbocycles. The van der Waals surface area contributed by atoms with Crippen LogP contribution >= 0.6 is 15.9 Å². The number of hydrogen-bond acceptors (Lipinski definition) is 2. The molecule has 0 radical (unpaired) electrons. The highest BCUT2D eigenvalue weighted by atomic mass is 79.9. The third-order valence-electron chi connectivity index (χ3n) is 2.41. The second-order valence-corrected chi connectivity index (χ2v) is 4.53. The van der Waals surface area contributed by atoms with Gasteiger partial charge in [-0.15, -0.1) is 0 Å². The van der Waals surface area contributed by atoms with Crippen molar-refractivity contribution in [3.63, 3.8) is 0 Å². The summed E-state index contributed by atoms with van der Waals surface area (Å²) in [6.07, 6.45) is 0.875. The molecule has 0 saturated carbocycles. The van der Waals surface area contributed by atoms with Gasteiger partial charge in [-0.25, -0.2) is 8.78 Å². The Morgan fingerprint density at radius 1 is 1.41 bits per heavy atom. The third kappa shape index (κ3) is 3.72. The molecule has 1 rings (SSSR count). The third-order valence-corrected chi connectivity index (χ3v) is 3.02. The smallest absolute Gasteiger partial charge is 0.145 e. The Balaban J connectivity index is 2.91. The number of hydrogen-bond donors (Lipinski definition) is 1. The summed E-state index contributed by atoms with van der Waals surface area (Å²) >= 11 is 3.05. The lowest BCUT2D eigenvalue weighted by Gasteiger charge is -2.18. The predicted molar refractivity (Wildman–Crippen MR) is 67.0 cm³/mol. The van der Waals surface area contributed by atoms with E-state index in [2.05, 4.69) is 21.2 Å². The fourth-order valence-corrected chi connectivity index (χ4v) is 1.86. The van der Waals surface area contributed by atoms with Gasteiger partial charge in [0.05, 0.1) is 17.1 Å². The average Bonchev–Trinajstić information content (AvgIpc) is 2.32. The van der Waals surface area contributed by atoms with Gasteiger partial charge in [-0.2, -0.15) is 0 Å². The highest BCUT2D eigenvalue weighted by Gasteiger charge is 2.20. The summed E-state index contributed by atoms with van der Waals surface area (Å²) in [5, 5.41) is 2.86. The number of likely N-dealkylation sites (N-methyl/N-ethyl adjacent to an activating group) is 1.